The number of fused-ring (bicyclic) bond motifs is 1. The van der Waals surface area contributed by atoms with Gasteiger partial charge in [0.2, 0.25) is 0 Å². The van der Waals surface area contributed by atoms with Gasteiger partial charge < -0.3 is 14.4 Å². The maximum Gasteiger partial charge on any atom is 0.329 e. The Kier molecular flexibility index (Phi) is 6.04. The number of rotatable bonds is 5. The summed E-state index contributed by atoms with van der Waals surface area (Å²) in [5.74, 6) is -1.69. The number of carbonyl (C=O) groups is 2. The van der Waals surface area contributed by atoms with Crippen LogP contribution in [0.25, 0.3) is 11.0 Å². The molecule has 3 rings (SSSR count). The second-order valence-corrected chi connectivity index (χ2v) is 6.52. The summed E-state index contributed by atoms with van der Waals surface area (Å²) >= 11 is 0. The highest BCUT2D eigenvalue weighted by atomic mass is 16.5. The number of methoxy groups -OCH3 is 1. The van der Waals surface area contributed by atoms with Crippen LogP contribution in [0.3, 0.4) is 0 Å². The van der Waals surface area contributed by atoms with Crippen LogP contribution in [0.15, 0.2) is 24.3 Å². The number of benzene rings is 1. The van der Waals surface area contributed by atoms with Gasteiger partial charge in [-0.2, -0.15) is 5.26 Å². The first-order valence-corrected chi connectivity index (χ1v) is 9.24. The van der Waals surface area contributed by atoms with E-state index in [0.29, 0.717) is 42.8 Å². The number of aromatic nitrogens is 2. The van der Waals surface area contributed by atoms with E-state index in [1.807, 2.05) is 29.2 Å². The van der Waals surface area contributed by atoms with Gasteiger partial charge in [0.05, 0.1) is 36.7 Å². The van der Waals surface area contributed by atoms with Gasteiger partial charge in [0.15, 0.2) is 11.7 Å². The Morgan fingerprint density at radius 2 is 1.89 bits per heavy atom. The zero-order valence-electron chi connectivity index (χ0n) is 15.9. The summed E-state index contributed by atoms with van der Waals surface area (Å²) in [6.45, 7) is 2.98. The Morgan fingerprint density at radius 1 is 1.25 bits per heavy atom. The highest BCUT2D eigenvalue weighted by Gasteiger charge is 2.32. The van der Waals surface area contributed by atoms with Crippen LogP contribution in [-0.4, -0.2) is 48.7 Å². The standard InChI is InChI=1S/C20H22N4O4/c1-3-28-20(26)14(12-21)17-18(23-16-7-5-4-6-15(16)22-17)24-10-8-13(9-11-24)19(25)27-2/h4-7,13-14H,3,8-11H2,1-2H3/t14-/m1/s1. The Morgan fingerprint density at radius 3 is 2.46 bits per heavy atom. The molecule has 0 amide bonds. The summed E-state index contributed by atoms with van der Waals surface area (Å²) in [6.07, 6.45) is 1.22. The van der Waals surface area contributed by atoms with Gasteiger partial charge in [-0.05, 0) is 31.9 Å². The zero-order chi connectivity index (χ0) is 20.1. The van der Waals surface area contributed by atoms with Crippen molar-refractivity contribution in [2.75, 3.05) is 31.7 Å². The molecular formula is C20H22N4O4. The summed E-state index contributed by atoms with van der Waals surface area (Å²) in [7, 11) is 1.39. The minimum Gasteiger partial charge on any atom is -0.469 e. The molecule has 146 valence electrons. The first-order chi connectivity index (χ1) is 13.6. The molecule has 2 aromatic rings. The van der Waals surface area contributed by atoms with E-state index in [9.17, 15) is 14.9 Å². The van der Waals surface area contributed by atoms with Crippen molar-refractivity contribution < 1.29 is 19.1 Å². The lowest BCUT2D eigenvalue weighted by molar-refractivity contribution is -0.146. The summed E-state index contributed by atoms with van der Waals surface area (Å²) < 4.78 is 9.89. The molecule has 8 nitrogen and oxygen atoms in total. The third-order valence-electron chi connectivity index (χ3n) is 4.83. The highest BCUT2D eigenvalue weighted by Crippen LogP contribution is 2.31. The largest absolute Gasteiger partial charge is 0.469 e. The molecule has 1 aromatic carbocycles. The Labute approximate surface area is 163 Å². The normalized spacial score (nSPS) is 15.7. The molecule has 0 N–H and O–H groups in total. The van der Waals surface area contributed by atoms with Crippen LogP contribution in [0.4, 0.5) is 5.82 Å². The third kappa shape index (κ3) is 3.88. The van der Waals surface area contributed by atoms with Crippen molar-refractivity contribution >= 4 is 28.8 Å². The first kappa shape index (κ1) is 19.5. The SMILES string of the molecule is CCOC(=O)[C@H](C#N)c1nc2ccccc2nc1N1CCC(C(=O)OC)CC1. The van der Waals surface area contributed by atoms with Crippen molar-refractivity contribution in [2.45, 2.75) is 25.7 Å². The predicted molar refractivity (Wildman–Crippen MR) is 101 cm³/mol. The second-order valence-electron chi connectivity index (χ2n) is 6.52. The van der Waals surface area contributed by atoms with Crippen LogP contribution in [-0.2, 0) is 19.1 Å². The molecule has 0 radical (unpaired) electrons. The first-order valence-electron chi connectivity index (χ1n) is 9.24. The average molecular weight is 382 g/mol. The summed E-state index contributed by atoms with van der Waals surface area (Å²) in [5.41, 5.74) is 1.57. The minimum atomic E-state index is -1.16. The molecule has 0 bridgehead atoms. The third-order valence-corrected chi connectivity index (χ3v) is 4.83. The molecule has 2 heterocycles. The monoisotopic (exact) mass is 382 g/mol. The molecule has 0 spiro atoms. The number of nitrogens with zero attached hydrogens (tertiary/aromatic N) is 4. The Hall–Kier alpha value is -3.21. The number of hydrogen-bond acceptors (Lipinski definition) is 8. The van der Waals surface area contributed by atoms with Crippen LogP contribution in [0.2, 0.25) is 0 Å². The van der Waals surface area contributed by atoms with E-state index in [-0.39, 0.29) is 24.2 Å². The van der Waals surface area contributed by atoms with E-state index in [1.54, 1.807) is 13.0 Å². The molecule has 1 fully saturated rings. The fourth-order valence-electron chi connectivity index (χ4n) is 3.38. The van der Waals surface area contributed by atoms with E-state index in [0.717, 1.165) is 0 Å². The second kappa shape index (κ2) is 8.65. The maximum atomic E-state index is 12.3. The van der Waals surface area contributed by atoms with Crippen LogP contribution in [0.5, 0.6) is 0 Å². The van der Waals surface area contributed by atoms with Crippen molar-refractivity contribution in [1.29, 1.82) is 5.26 Å². The average Bonchev–Trinajstić information content (AvgIpc) is 2.73. The molecule has 1 aliphatic heterocycles. The van der Waals surface area contributed by atoms with Gasteiger partial charge in [0.25, 0.3) is 0 Å². The van der Waals surface area contributed by atoms with Crippen LogP contribution >= 0.6 is 0 Å². The number of carbonyl (C=O) groups excluding carboxylic acids is 2. The van der Waals surface area contributed by atoms with Gasteiger partial charge in [0, 0.05) is 13.1 Å². The van der Waals surface area contributed by atoms with Crippen LogP contribution in [0.1, 0.15) is 31.4 Å². The topological polar surface area (TPSA) is 105 Å². The van der Waals surface area contributed by atoms with E-state index in [2.05, 4.69) is 9.97 Å². The molecular weight excluding hydrogens is 360 g/mol. The van der Waals surface area contributed by atoms with Crippen LogP contribution in [0, 0.1) is 17.2 Å². The van der Waals surface area contributed by atoms with Crippen molar-refractivity contribution in [2.24, 2.45) is 5.92 Å². The fraction of sp³-hybridized carbons (Fsp3) is 0.450. The fourth-order valence-corrected chi connectivity index (χ4v) is 3.38. The molecule has 8 heteroatoms. The molecule has 1 saturated heterocycles. The highest BCUT2D eigenvalue weighted by molar-refractivity contribution is 5.85. The lowest BCUT2D eigenvalue weighted by Crippen LogP contribution is -2.38. The Balaban J connectivity index is 1.99. The molecule has 0 saturated carbocycles. The van der Waals surface area contributed by atoms with E-state index < -0.39 is 11.9 Å². The summed E-state index contributed by atoms with van der Waals surface area (Å²) in [6, 6.07) is 9.32. The maximum absolute atomic E-state index is 12.3. The van der Waals surface area contributed by atoms with Gasteiger partial charge >= 0.3 is 11.9 Å². The van der Waals surface area contributed by atoms with Gasteiger partial charge in [-0.3, -0.25) is 9.59 Å². The Bertz CT molecular complexity index is 916. The predicted octanol–water partition coefficient (Wildman–Crippen LogP) is 2.19. The summed E-state index contributed by atoms with van der Waals surface area (Å²) in [5, 5.41) is 9.62. The molecule has 0 unspecified atom stereocenters. The number of piperidine rings is 1. The molecule has 1 aromatic heterocycles. The number of hydrogen-bond donors (Lipinski definition) is 0. The van der Waals surface area contributed by atoms with Gasteiger partial charge in [-0.25, -0.2) is 9.97 Å². The quantitative estimate of drug-likeness (QED) is 0.725. The van der Waals surface area contributed by atoms with E-state index >= 15 is 0 Å². The van der Waals surface area contributed by atoms with Crippen molar-refractivity contribution in [1.82, 2.24) is 9.97 Å². The van der Waals surface area contributed by atoms with Gasteiger partial charge in [-0.1, -0.05) is 12.1 Å². The number of ether oxygens (including phenoxy) is 2. The zero-order valence-corrected chi connectivity index (χ0v) is 15.9. The number of nitriles is 1. The smallest absolute Gasteiger partial charge is 0.329 e. The number of anilines is 1. The van der Waals surface area contributed by atoms with Gasteiger partial charge in [-0.15, -0.1) is 0 Å². The van der Waals surface area contributed by atoms with E-state index in [1.165, 1.54) is 7.11 Å². The minimum absolute atomic E-state index is 0.157. The van der Waals surface area contributed by atoms with Crippen molar-refractivity contribution in [3.8, 4) is 6.07 Å². The molecule has 0 aliphatic carbocycles. The van der Waals surface area contributed by atoms with Crippen molar-refractivity contribution in [3.05, 3.63) is 30.0 Å². The molecule has 28 heavy (non-hydrogen) atoms. The number of para-hydroxylation sites is 2. The molecule has 1 atom stereocenters. The number of esters is 2. The lowest BCUT2D eigenvalue weighted by atomic mass is 9.96. The summed E-state index contributed by atoms with van der Waals surface area (Å²) in [4.78, 5) is 35.4. The lowest BCUT2D eigenvalue weighted by Gasteiger charge is -2.32. The molecule has 1 aliphatic rings. The van der Waals surface area contributed by atoms with Crippen molar-refractivity contribution in [3.63, 3.8) is 0 Å². The van der Waals surface area contributed by atoms with Crippen LogP contribution < -0.4 is 4.90 Å². The van der Waals surface area contributed by atoms with E-state index in [4.69, 9.17) is 9.47 Å². The van der Waals surface area contributed by atoms with Gasteiger partial charge in [0.1, 0.15) is 5.69 Å².